The van der Waals surface area contributed by atoms with E-state index in [0.29, 0.717) is 66.7 Å². The van der Waals surface area contributed by atoms with Gasteiger partial charge in [-0.15, -0.1) is 0 Å². The molecule has 0 unspecified atom stereocenters. The number of hydrogen-bond donors (Lipinski definition) is 3. The number of rotatable bonds is 11. The maximum Gasteiger partial charge on any atom is 0.254 e. The van der Waals surface area contributed by atoms with Crippen LogP contribution in [0.25, 0.3) is 0 Å². The van der Waals surface area contributed by atoms with E-state index >= 15 is 0 Å². The Labute approximate surface area is 231 Å². The number of benzene rings is 2. The fourth-order valence-corrected chi connectivity index (χ4v) is 4.95. The number of ether oxygens (including phenoxy) is 2. The lowest BCUT2D eigenvalue weighted by molar-refractivity contribution is 0.0302. The molecule has 1 saturated carbocycles. The average Bonchev–Trinajstić information content (AvgIpc) is 3.77. The third-order valence-electron chi connectivity index (χ3n) is 6.21. The van der Waals surface area contributed by atoms with Gasteiger partial charge in [0.2, 0.25) is 5.95 Å². The molecular formula is C27H31ClN6O3S. The Morgan fingerprint density at radius 3 is 2.76 bits per heavy atom. The highest BCUT2D eigenvalue weighted by Gasteiger charge is 2.21. The van der Waals surface area contributed by atoms with Crippen molar-refractivity contribution in [3.8, 4) is 5.75 Å². The molecule has 38 heavy (non-hydrogen) atoms. The smallest absolute Gasteiger partial charge is 0.254 e. The maximum atomic E-state index is 13.0. The highest BCUT2D eigenvalue weighted by molar-refractivity contribution is 7.97. The Morgan fingerprint density at radius 2 is 1.97 bits per heavy atom. The Balaban J connectivity index is 1.32. The molecule has 0 atom stereocenters. The fourth-order valence-electron chi connectivity index (χ4n) is 3.96. The van der Waals surface area contributed by atoms with Crippen LogP contribution in [-0.4, -0.2) is 60.2 Å². The van der Waals surface area contributed by atoms with E-state index < -0.39 is 0 Å². The van der Waals surface area contributed by atoms with E-state index in [1.54, 1.807) is 41.2 Å². The first-order valence-corrected chi connectivity index (χ1v) is 14.0. The van der Waals surface area contributed by atoms with Crippen LogP contribution in [-0.2, 0) is 4.74 Å². The Bertz CT molecular complexity index is 1270. The first-order valence-electron chi connectivity index (χ1n) is 12.8. The molecule has 1 amide bonds. The monoisotopic (exact) mass is 554 g/mol. The molecule has 1 aromatic heterocycles. The molecule has 1 aliphatic carbocycles. The minimum Gasteiger partial charge on any atom is -0.492 e. The highest BCUT2D eigenvalue weighted by Crippen LogP contribution is 2.34. The van der Waals surface area contributed by atoms with Crippen molar-refractivity contribution in [3.63, 3.8) is 0 Å². The number of aromatic nitrogens is 2. The van der Waals surface area contributed by atoms with Gasteiger partial charge < -0.3 is 25.0 Å². The van der Waals surface area contributed by atoms with Crippen molar-refractivity contribution in [2.45, 2.75) is 24.7 Å². The van der Waals surface area contributed by atoms with E-state index in [0.717, 1.165) is 23.0 Å². The van der Waals surface area contributed by atoms with Gasteiger partial charge in [0, 0.05) is 30.1 Å². The fraction of sp³-hybridized carbons (Fsp3) is 0.370. The third kappa shape index (κ3) is 6.87. The number of amides is 1. The summed E-state index contributed by atoms with van der Waals surface area (Å²) in [6, 6.07) is 13.3. The van der Waals surface area contributed by atoms with Gasteiger partial charge in [-0.3, -0.25) is 9.52 Å². The van der Waals surface area contributed by atoms with Crippen LogP contribution in [0.4, 0.5) is 23.1 Å². The van der Waals surface area contributed by atoms with Crippen molar-refractivity contribution >= 4 is 52.6 Å². The zero-order chi connectivity index (χ0) is 26.3. The summed E-state index contributed by atoms with van der Waals surface area (Å²) in [5.41, 5.74) is 2.11. The van der Waals surface area contributed by atoms with Gasteiger partial charge in [0.25, 0.3) is 5.91 Å². The second-order valence-corrected chi connectivity index (χ2v) is 10.4. The quantitative estimate of drug-likeness (QED) is 0.265. The SMILES string of the molecule is CCOc1cc(C(=O)N2CCOCC2)ccc1Nc1ncc(Cl)c(Nc2ccccc2SNCC2CC2)n1. The summed E-state index contributed by atoms with van der Waals surface area (Å²) in [6.07, 6.45) is 4.16. The maximum absolute atomic E-state index is 13.0. The van der Waals surface area contributed by atoms with E-state index in [1.807, 2.05) is 25.1 Å². The van der Waals surface area contributed by atoms with Gasteiger partial charge in [-0.05, 0) is 68.0 Å². The average molecular weight is 555 g/mol. The van der Waals surface area contributed by atoms with E-state index in [-0.39, 0.29) is 5.91 Å². The minimum absolute atomic E-state index is 0.0433. The summed E-state index contributed by atoms with van der Waals surface area (Å²) >= 11 is 8.05. The Kier molecular flexibility index (Phi) is 8.85. The van der Waals surface area contributed by atoms with Crippen molar-refractivity contribution in [2.24, 2.45) is 5.92 Å². The lowest BCUT2D eigenvalue weighted by atomic mass is 10.1. The van der Waals surface area contributed by atoms with Crippen LogP contribution in [0.5, 0.6) is 5.75 Å². The lowest BCUT2D eigenvalue weighted by Crippen LogP contribution is -2.40. The van der Waals surface area contributed by atoms with Crippen LogP contribution in [0.15, 0.2) is 53.6 Å². The van der Waals surface area contributed by atoms with E-state index in [1.165, 1.54) is 12.8 Å². The predicted molar refractivity (Wildman–Crippen MR) is 151 cm³/mol. The number of nitrogens with one attached hydrogen (secondary N) is 3. The molecule has 2 aromatic carbocycles. The highest BCUT2D eigenvalue weighted by atomic mass is 35.5. The number of nitrogens with zero attached hydrogens (tertiary/aromatic N) is 3. The predicted octanol–water partition coefficient (Wildman–Crippen LogP) is 5.50. The summed E-state index contributed by atoms with van der Waals surface area (Å²) in [5.74, 6) is 2.13. The zero-order valence-electron chi connectivity index (χ0n) is 21.2. The first-order chi connectivity index (χ1) is 18.6. The number of carbonyl (C=O) groups is 1. The molecule has 5 rings (SSSR count). The first kappa shape index (κ1) is 26.6. The molecule has 3 N–H and O–H groups in total. The molecule has 2 aliphatic rings. The molecule has 0 bridgehead atoms. The largest absolute Gasteiger partial charge is 0.492 e. The summed E-state index contributed by atoms with van der Waals surface area (Å²) in [7, 11) is 0. The summed E-state index contributed by atoms with van der Waals surface area (Å²) in [5, 5.41) is 6.96. The van der Waals surface area contributed by atoms with Gasteiger partial charge in [0.1, 0.15) is 10.8 Å². The molecule has 2 heterocycles. The van der Waals surface area contributed by atoms with Gasteiger partial charge >= 0.3 is 0 Å². The zero-order valence-corrected chi connectivity index (χ0v) is 22.8. The van der Waals surface area contributed by atoms with Gasteiger partial charge in [-0.2, -0.15) is 4.98 Å². The third-order valence-corrected chi connectivity index (χ3v) is 7.37. The number of morpholine rings is 1. The standard InChI is InChI=1S/C27H31ClN6O3S/c1-2-37-23-15-19(26(35)34-11-13-36-14-12-34)9-10-21(23)32-27-29-17-20(28)25(33-27)31-22-5-3-4-6-24(22)38-30-16-18-7-8-18/h3-6,9-10,15,17-18,30H,2,7-8,11-14,16H2,1H3,(H2,29,31,32,33). The van der Waals surface area contributed by atoms with Crippen molar-refractivity contribution < 1.29 is 14.3 Å². The van der Waals surface area contributed by atoms with Crippen LogP contribution in [0.2, 0.25) is 5.02 Å². The number of hydrogen-bond acceptors (Lipinski definition) is 9. The summed E-state index contributed by atoms with van der Waals surface area (Å²) in [6.45, 7) is 5.60. The molecule has 1 aliphatic heterocycles. The second-order valence-electron chi connectivity index (χ2n) is 9.08. The molecular weight excluding hydrogens is 524 g/mol. The summed E-state index contributed by atoms with van der Waals surface area (Å²) in [4.78, 5) is 24.8. The molecule has 1 saturated heterocycles. The number of carbonyl (C=O) groups excluding carboxylic acids is 1. The normalized spacial score (nSPS) is 15.3. The van der Waals surface area contributed by atoms with Gasteiger partial charge in [0.15, 0.2) is 5.82 Å². The molecule has 0 radical (unpaired) electrons. The van der Waals surface area contributed by atoms with Crippen LogP contribution in [0, 0.1) is 5.92 Å². The van der Waals surface area contributed by atoms with E-state index in [9.17, 15) is 4.79 Å². The molecule has 9 nitrogen and oxygen atoms in total. The molecule has 2 fully saturated rings. The summed E-state index contributed by atoms with van der Waals surface area (Å²) < 4.78 is 14.7. The van der Waals surface area contributed by atoms with Crippen molar-refractivity contribution in [2.75, 3.05) is 50.1 Å². The van der Waals surface area contributed by atoms with Crippen molar-refractivity contribution in [3.05, 3.63) is 59.2 Å². The molecule has 11 heteroatoms. The van der Waals surface area contributed by atoms with Gasteiger partial charge in [0.05, 0.1) is 37.4 Å². The number of para-hydroxylation sites is 1. The van der Waals surface area contributed by atoms with Gasteiger partial charge in [-0.1, -0.05) is 23.7 Å². The van der Waals surface area contributed by atoms with E-state index in [4.69, 9.17) is 21.1 Å². The topological polar surface area (TPSA) is 101 Å². The Morgan fingerprint density at radius 1 is 1.16 bits per heavy atom. The molecule has 200 valence electrons. The molecule has 3 aromatic rings. The van der Waals surface area contributed by atoms with Crippen molar-refractivity contribution in [1.82, 2.24) is 19.6 Å². The number of anilines is 4. The van der Waals surface area contributed by atoms with Crippen molar-refractivity contribution in [1.29, 1.82) is 0 Å². The number of halogens is 1. The van der Waals surface area contributed by atoms with Crippen LogP contribution in [0.1, 0.15) is 30.1 Å². The van der Waals surface area contributed by atoms with Gasteiger partial charge in [-0.25, -0.2) is 4.98 Å². The minimum atomic E-state index is -0.0433. The van der Waals surface area contributed by atoms with Crippen LogP contribution >= 0.6 is 23.5 Å². The molecule has 0 spiro atoms. The van der Waals surface area contributed by atoms with Crippen LogP contribution in [0.3, 0.4) is 0 Å². The lowest BCUT2D eigenvalue weighted by Gasteiger charge is -2.27. The Hall–Kier alpha value is -3.05. The van der Waals surface area contributed by atoms with E-state index in [2.05, 4.69) is 31.4 Å². The second kappa shape index (κ2) is 12.7. The van der Waals surface area contributed by atoms with Crippen LogP contribution < -0.4 is 20.1 Å².